The van der Waals surface area contributed by atoms with E-state index in [1.807, 2.05) is 0 Å². The van der Waals surface area contributed by atoms with Crippen LogP contribution in [0.2, 0.25) is 0 Å². The summed E-state index contributed by atoms with van der Waals surface area (Å²) in [6, 6.07) is 0. The van der Waals surface area contributed by atoms with Crippen molar-refractivity contribution in [2.24, 2.45) is 0 Å². The van der Waals surface area contributed by atoms with Crippen LogP contribution in [0.4, 0.5) is 0 Å². The molecule has 4 N–H and O–H groups in total. The Kier molecular flexibility index (Phi) is 6.66. The number of hydrogen-bond acceptors (Lipinski definition) is 6. The maximum atomic E-state index is 9.05. The highest BCUT2D eigenvalue weighted by atomic mass is 32.1. The smallest absolute Gasteiger partial charge is 0.129 e. The Bertz CT molecular complexity index is 132. The first kappa shape index (κ1) is 13.2. The van der Waals surface area contributed by atoms with E-state index < -0.39 is 30.4 Å². The highest BCUT2D eigenvalue weighted by Gasteiger charge is 2.22. The van der Waals surface area contributed by atoms with Gasteiger partial charge in [0.05, 0.1) is 19.3 Å². The summed E-state index contributed by atoms with van der Waals surface area (Å²) in [5.74, 6) is 0. The first-order chi connectivity index (χ1) is 6.02. The molecule has 0 aromatic rings. The van der Waals surface area contributed by atoms with Crippen LogP contribution < -0.4 is 0 Å². The summed E-state index contributed by atoms with van der Waals surface area (Å²) in [6.07, 6.45) is -2.79. The number of thiol groups is 1. The molecule has 0 heterocycles. The van der Waals surface area contributed by atoms with Crippen molar-refractivity contribution in [1.29, 1.82) is 0 Å². The minimum absolute atomic E-state index is 0.368. The standard InChI is InChI=1S/C7H16O5S/c1-4(10)6(3-9)12-7(13)5(11)2-8/h4-11,13H,2-3H2,1H3/t4-,5+,6?,7+/m1/s1. The number of ether oxygens (including phenoxy) is 1. The molecule has 0 fully saturated rings. The third-order valence-electron chi connectivity index (χ3n) is 1.55. The van der Waals surface area contributed by atoms with Crippen LogP contribution in [0.15, 0.2) is 0 Å². The van der Waals surface area contributed by atoms with Crippen molar-refractivity contribution < 1.29 is 25.2 Å². The van der Waals surface area contributed by atoms with Gasteiger partial charge < -0.3 is 25.2 Å². The molecule has 0 bridgehead atoms. The van der Waals surface area contributed by atoms with Gasteiger partial charge in [-0.15, -0.1) is 12.6 Å². The second-order valence-electron chi connectivity index (χ2n) is 2.74. The molecule has 5 nitrogen and oxygen atoms in total. The molecular weight excluding hydrogens is 196 g/mol. The summed E-state index contributed by atoms with van der Waals surface area (Å²) in [4.78, 5) is 0. The van der Waals surface area contributed by atoms with Crippen LogP contribution in [0.5, 0.6) is 0 Å². The fourth-order valence-corrected chi connectivity index (χ4v) is 0.920. The van der Waals surface area contributed by atoms with Gasteiger partial charge in [0.1, 0.15) is 17.6 Å². The lowest BCUT2D eigenvalue weighted by Gasteiger charge is -2.24. The monoisotopic (exact) mass is 212 g/mol. The van der Waals surface area contributed by atoms with Crippen molar-refractivity contribution >= 4 is 12.6 Å². The summed E-state index contributed by atoms with van der Waals surface area (Å²) in [5, 5.41) is 35.4. The van der Waals surface area contributed by atoms with Crippen LogP contribution in [0.1, 0.15) is 6.92 Å². The molecule has 0 amide bonds. The molecule has 0 spiro atoms. The van der Waals surface area contributed by atoms with Gasteiger partial charge in [-0.2, -0.15) is 0 Å². The number of rotatable bonds is 6. The molecule has 1 unspecified atom stereocenters. The van der Waals surface area contributed by atoms with Gasteiger partial charge in [-0.25, -0.2) is 0 Å². The SMILES string of the molecule is C[C@@H](O)C(CO)O[C@@H](S)[C@@H](O)CO. The highest BCUT2D eigenvalue weighted by molar-refractivity contribution is 7.80. The molecule has 6 heteroatoms. The van der Waals surface area contributed by atoms with E-state index in [1.165, 1.54) is 6.92 Å². The van der Waals surface area contributed by atoms with E-state index in [0.717, 1.165) is 0 Å². The number of aliphatic hydroxyl groups is 4. The van der Waals surface area contributed by atoms with Crippen molar-refractivity contribution in [2.45, 2.75) is 30.7 Å². The predicted octanol–water partition coefficient (Wildman–Crippen LogP) is -1.65. The van der Waals surface area contributed by atoms with Gasteiger partial charge in [0.15, 0.2) is 0 Å². The Morgan fingerprint density at radius 1 is 1.23 bits per heavy atom. The number of aliphatic hydroxyl groups excluding tert-OH is 4. The molecule has 0 saturated heterocycles. The molecule has 0 aliphatic heterocycles. The van der Waals surface area contributed by atoms with E-state index >= 15 is 0 Å². The highest BCUT2D eigenvalue weighted by Crippen LogP contribution is 2.09. The second kappa shape index (κ2) is 6.58. The molecular formula is C7H16O5S. The van der Waals surface area contributed by atoms with Crippen molar-refractivity contribution in [3.05, 3.63) is 0 Å². The minimum atomic E-state index is -1.13. The lowest BCUT2D eigenvalue weighted by molar-refractivity contribution is -0.101. The van der Waals surface area contributed by atoms with Gasteiger partial charge in [-0.05, 0) is 6.92 Å². The molecule has 0 saturated carbocycles. The Hall–Kier alpha value is 0.150. The zero-order valence-corrected chi connectivity index (χ0v) is 8.26. The topological polar surface area (TPSA) is 90.2 Å². The number of hydrogen-bond donors (Lipinski definition) is 5. The Labute approximate surface area is 82.4 Å². The average molecular weight is 212 g/mol. The van der Waals surface area contributed by atoms with E-state index in [-0.39, 0.29) is 6.61 Å². The van der Waals surface area contributed by atoms with Gasteiger partial charge in [0.25, 0.3) is 0 Å². The maximum absolute atomic E-state index is 9.05. The lowest BCUT2D eigenvalue weighted by atomic mass is 10.2. The largest absolute Gasteiger partial charge is 0.394 e. The maximum Gasteiger partial charge on any atom is 0.129 e. The molecule has 0 aromatic carbocycles. The van der Waals surface area contributed by atoms with E-state index in [1.54, 1.807) is 0 Å². The quantitative estimate of drug-likeness (QED) is 0.269. The van der Waals surface area contributed by atoms with E-state index in [0.29, 0.717) is 0 Å². The normalized spacial score (nSPS) is 20.8. The van der Waals surface area contributed by atoms with Crippen LogP contribution in [-0.2, 0) is 4.74 Å². The van der Waals surface area contributed by atoms with E-state index in [9.17, 15) is 0 Å². The first-order valence-electron chi connectivity index (χ1n) is 3.94. The molecule has 0 aliphatic rings. The Morgan fingerprint density at radius 3 is 2.08 bits per heavy atom. The van der Waals surface area contributed by atoms with Crippen LogP contribution >= 0.6 is 12.6 Å². The average Bonchev–Trinajstić information content (AvgIpc) is 2.11. The van der Waals surface area contributed by atoms with Crippen LogP contribution in [0.3, 0.4) is 0 Å². The van der Waals surface area contributed by atoms with Crippen molar-refractivity contribution in [1.82, 2.24) is 0 Å². The van der Waals surface area contributed by atoms with Crippen molar-refractivity contribution in [3.8, 4) is 0 Å². The fraction of sp³-hybridized carbons (Fsp3) is 1.00. The molecule has 0 rings (SSSR count). The van der Waals surface area contributed by atoms with E-state index in [2.05, 4.69) is 12.6 Å². The summed E-state index contributed by atoms with van der Waals surface area (Å²) < 4.78 is 4.97. The third-order valence-corrected chi connectivity index (χ3v) is 2.01. The zero-order chi connectivity index (χ0) is 10.4. The molecule has 80 valence electrons. The Morgan fingerprint density at radius 2 is 1.77 bits per heavy atom. The van der Waals surface area contributed by atoms with Crippen molar-refractivity contribution in [3.63, 3.8) is 0 Å². The molecule has 4 atom stereocenters. The van der Waals surface area contributed by atoms with Crippen molar-refractivity contribution in [2.75, 3.05) is 13.2 Å². The molecule has 0 radical (unpaired) electrons. The Balaban J connectivity index is 3.93. The third kappa shape index (κ3) is 4.80. The van der Waals surface area contributed by atoms with Gasteiger partial charge in [0, 0.05) is 0 Å². The minimum Gasteiger partial charge on any atom is -0.394 e. The molecule has 13 heavy (non-hydrogen) atoms. The summed E-state index contributed by atoms with van der Waals surface area (Å²) >= 11 is 3.84. The lowest BCUT2D eigenvalue weighted by Crippen LogP contribution is -2.38. The summed E-state index contributed by atoms with van der Waals surface area (Å²) in [7, 11) is 0. The van der Waals surface area contributed by atoms with Gasteiger partial charge >= 0.3 is 0 Å². The van der Waals surface area contributed by atoms with Gasteiger partial charge in [-0.3, -0.25) is 0 Å². The second-order valence-corrected chi connectivity index (χ2v) is 3.25. The fourth-order valence-electron chi connectivity index (χ4n) is 0.669. The molecule has 0 aromatic heterocycles. The predicted molar refractivity (Wildman–Crippen MR) is 49.5 cm³/mol. The van der Waals surface area contributed by atoms with Crippen LogP contribution in [-0.4, -0.2) is 57.4 Å². The molecule has 0 aliphatic carbocycles. The van der Waals surface area contributed by atoms with E-state index in [4.69, 9.17) is 25.2 Å². The van der Waals surface area contributed by atoms with Crippen LogP contribution in [0.25, 0.3) is 0 Å². The van der Waals surface area contributed by atoms with Gasteiger partial charge in [0.2, 0.25) is 0 Å². The zero-order valence-electron chi connectivity index (χ0n) is 7.37. The van der Waals surface area contributed by atoms with Gasteiger partial charge in [-0.1, -0.05) is 0 Å². The summed E-state index contributed by atoms with van der Waals surface area (Å²) in [5.41, 5.74) is -0.920. The first-order valence-corrected chi connectivity index (χ1v) is 4.46. The van der Waals surface area contributed by atoms with Crippen LogP contribution in [0, 0.1) is 0 Å². The summed E-state index contributed by atoms with van der Waals surface area (Å²) in [6.45, 7) is 0.603.